The van der Waals surface area contributed by atoms with Crippen molar-refractivity contribution >= 4 is 11.9 Å². The normalized spacial score (nSPS) is 20.9. The summed E-state index contributed by atoms with van der Waals surface area (Å²) in [6.45, 7) is 1.39. The summed E-state index contributed by atoms with van der Waals surface area (Å²) >= 11 is 0. The average Bonchev–Trinajstić information content (AvgIpc) is 2.80. The number of ether oxygens (including phenoxy) is 2. The second kappa shape index (κ2) is 4.94. The maximum Gasteiger partial charge on any atom is 0.172 e. The molecule has 3 rings (SSSR count). The quantitative estimate of drug-likeness (QED) is 0.803. The molecule has 102 valence electrons. The summed E-state index contributed by atoms with van der Waals surface area (Å²) in [5.74, 6) is -0.411. The SMILES string of the molecule is CNc1cc2c(cc1C=N)CC1(CCC2)OCCO1. The first kappa shape index (κ1) is 12.6. The Morgan fingerprint density at radius 2 is 2.05 bits per heavy atom. The topological polar surface area (TPSA) is 54.3 Å². The van der Waals surface area contributed by atoms with Gasteiger partial charge in [0.25, 0.3) is 0 Å². The van der Waals surface area contributed by atoms with Gasteiger partial charge in [-0.2, -0.15) is 0 Å². The number of hydrogen-bond acceptors (Lipinski definition) is 4. The fourth-order valence-electron chi connectivity index (χ4n) is 3.11. The maximum atomic E-state index is 7.53. The van der Waals surface area contributed by atoms with Gasteiger partial charge < -0.3 is 20.2 Å². The van der Waals surface area contributed by atoms with E-state index in [9.17, 15) is 0 Å². The van der Waals surface area contributed by atoms with Crippen LogP contribution in [0.3, 0.4) is 0 Å². The average molecular weight is 260 g/mol. The molecule has 0 aromatic heterocycles. The van der Waals surface area contributed by atoms with Crippen molar-refractivity contribution in [2.75, 3.05) is 25.6 Å². The molecule has 0 amide bonds. The van der Waals surface area contributed by atoms with Crippen LogP contribution in [0.5, 0.6) is 0 Å². The third-order valence-corrected chi connectivity index (χ3v) is 4.07. The molecule has 1 aliphatic heterocycles. The number of benzene rings is 1. The van der Waals surface area contributed by atoms with Gasteiger partial charge in [0.15, 0.2) is 5.79 Å². The summed E-state index contributed by atoms with van der Waals surface area (Å²) in [5, 5.41) is 10.7. The minimum absolute atomic E-state index is 0.411. The number of aryl methyl sites for hydroxylation is 1. The first-order chi connectivity index (χ1) is 9.26. The van der Waals surface area contributed by atoms with Crippen LogP contribution < -0.4 is 5.32 Å². The maximum absolute atomic E-state index is 7.53. The van der Waals surface area contributed by atoms with Gasteiger partial charge in [-0.3, -0.25) is 0 Å². The van der Waals surface area contributed by atoms with Crippen molar-refractivity contribution in [2.45, 2.75) is 31.5 Å². The van der Waals surface area contributed by atoms with Gasteiger partial charge in [-0.15, -0.1) is 0 Å². The molecular weight excluding hydrogens is 240 g/mol. The zero-order chi connectivity index (χ0) is 13.3. The van der Waals surface area contributed by atoms with E-state index < -0.39 is 5.79 Å². The molecule has 1 aromatic rings. The van der Waals surface area contributed by atoms with Crippen LogP contribution in [-0.4, -0.2) is 32.3 Å². The Morgan fingerprint density at radius 1 is 1.26 bits per heavy atom. The standard InChI is InChI=1S/C15H20N2O2/c1-17-14-8-11-3-2-4-15(18-5-6-19-15)9-12(11)7-13(14)10-16/h7-8,10,16-17H,2-6,9H2,1H3. The van der Waals surface area contributed by atoms with Crippen molar-refractivity contribution < 1.29 is 9.47 Å². The second-order valence-electron chi connectivity index (χ2n) is 5.24. The van der Waals surface area contributed by atoms with Crippen LogP contribution in [0.2, 0.25) is 0 Å². The first-order valence-corrected chi connectivity index (χ1v) is 6.88. The summed E-state index contributed by atoms with van der Waals surface area (Å²) in [6.07, 6.45) is 5.29. The summed E-state index contributed by atoms with van der Waals surface area (Å²) in [6, 6.07) is 4.27. The lowest BCUT2D eigenvalue weighted by atomic mass is 9.97. The highest BCUT2D eigenvalue weighted by molar-refractivity contribution is 5.86. The van der Waals surface area contributed by atoms with Crippen LogP contribution in [0.1, 0.15) is 29.5 Å². The Morgan fingerprint density at radius 3 is 2.74 bits per heavy atom. The van der Waals surface area contributed by atoms with Crippen molar-refractivity contribution in [1.82, 2.24) is 0 Å². The number of nitrogens with one attached hydrogen (secondary N) is 2. The third-order valence-electron chi connectivity index (χ3n) is 4.07. The van der Waals surface area contributed by atoms with Crippen LogP contribution in [0.15, 0.2) is 12.1 Å². The smallest absolute Gasteiger partial charge is 0.172 e. The van der Waals surface area contributed by atoms with E-state index >= 15 is 0 Å². The lowest BCUT2D eigenvalue weighted by Crippen LogP contribution is -2.32. The van der Waals surface area contributed by atoms with Crippen LogP contribution in [-0.2, 0) is 22.3 Å². The molecule has 2 aliphatic rings. The summed E-state index contributed by atoms with van der Waals surface area (Å²) in [5.41, 5.74) is 4.57. The predicted octanol–water partition coefficient (Wildman–Crippen LogP) is 2.35. The summed E-state index contributed by atoms with van der Waals surface area (Å²) in [7, 11) is 1.90. The molecule has 1 spiro atoms. The van der Waals surface area contributed by atoms with Crippen molar-refractivity contribution in [3.8, 4) is 0 Å². The van der Waals surface area contributed by atoms with Crippen LogP contribution >= 0.6 is 0 Å². The van der Waals surface area contributed by atoms with E-state index in [1.54, 1.807) is 0 Å². The molecule has 0 bridgehead atoms. The lowest BCUT2D eigenvalue weighted by molar-refractivity contribution is -0.160. The zero-order valence-electron chi connectivity index (χ0n) is 11.3. The predicted molar refractivity (Wildman–Crippen MR) is 75.2 cm³/mol. The summed E-state index contributed by atoms with van der Waals surface area (Å²) in [4.78, 5) is 0. The third kappa shape index (κ3) is 2.26. The minimum Gasteiger partial charge on any atom is -0.388 e. The van der Waals surface area contributed by atoms with E-state index in [4.69, 9.17) is 14.9 Å². The van der Waals surface area contributed by atoms with Gasteiger partial charge in [0.1, 0.15) is 0 Å². The molecule has 4 nitrogen and oxygen atoms in total. The van der Waals surface area contributed by atoms with Gasteiger partial charge in [0, 0.05) is 37.4 Å². The highest BCUT2D eigenvalue weighted by Crippen LogP contribution is 2.35. The highest BCUT2D eigenvalue weighted by atomic mass is 16.7. The number of fused-ring (bicyclic) bond motifs is 1. The van der Waals surface area contributed by atoms with E-state index in [1.165, 1.54) is 17.3 Å². The van der Waals surface area contributed by atoms with Gasteiger partial charge in [0.05, 0.1) is 13.2 Å². The molecule has 4 heteroatoms. The lowest BCUT2D eigenvalue weighted by Gasteiger charge is -2.26. The molecule has 0 radical (unpaired) electrons. The van der Waals surface area contributed by atoms with Crippen LogP contribution in [0.25, 0.3) is 0 Å². The van der Waals surface area contributed by atoms with Crippen molar-refractivity contribution in [3.05, 3.63) is 28.8 Å². The minimum atomic E-state index is -0.411. The van der Waals surface area contributed by atoms with Crippen LogP contribution in [0.4, 0.5) is 5.69 Å². The van der Waals surface area contributed by atoms with Gasteiger partial charge in [0.2, 0.25) is 0 Å². The number of anilines is 1. The molecule has 1 saturated heterocycles. The molecule has 0 unspecified atom stereocenters. The van der Waals surface area contributed by atoms with Crippen molar-refractivity contribution in [3.63, 3.8) is 0 Å². The summed E-state index contributed by atoms with van der Waals surface area (Å²) < 4.78 is 11.7. The fraction of sp³-hybridized carbons (Fsp3) is 0.533. The van der Waals surface area contributed by atoms with E-state index in [-0.39, 0.29) is 0 Å². The Labute approximate surface area is 113 Å². The molecular formula is C15H20N2O2. The first-order valence-electron chi connectivity index (χ1n) is 6.88. The van der Waals surface area contributed by atoms with Gasteiger partial charge in [-0.25, -0.2) is 0 Å². The Hall–Kier alpha value is -1.39. The Kier molecular flexibility index (Phi) is 3.29. The van der Waals surface area contributed by atoms with Gasteiger partial charge in [-0.05, 0) is 36.1 Å². The molecule has 0 saturated carbocycles. The largest absolute Gasteiger partial charge is 0.388 e. The molecule has 19 heavy (non-hydrogen) atoms. The van der Waals surface area contributed by atoms with Crippen LogP contribution in [0, 0.1) is 5.41 Å². The highest BCUT2D eigenvalue weighted by Gasteiger charge is 2.38. The molecule has 1 aliphatic carbocycles. The Balaban J connectivity index is 2.00. The van der Waals surface area contributed by atoms with Gasteiger partial charge >= 0.3 is 0 Å². The van der Waals surface area contributed by atoms with E-state index in [2.05, 4.69) is 17.4 Å². The zero-order valence-corrected chi connectivity index (χ0v) is 11.3. The molecule has 0 atom stereocenters. The van der Waals surface area contributed by atoms with E-state index in [0.717, 1.165) is 36.9 Å². The monoisotopic (exact) mass is 260 g/mol. The molecule has 1 heterocycles. The van der Waals surface area contributed by atoms with E-state index in [1.807, 2.05) is 7.05 Å². The molecule has 1 fully saturated rings. The fourth-order valence-corrected chi connectivity index (χ4v) is 3.11. The molecule has 1 aromatic carbocycles. The Bertz CT molecular complexity index is 493. The van der Waals surface area contributed by atoms with Crippen molar-refractivity contribution in [2.24, 2.45) is 0 Å². The number of hydrogen-bond donors (Lipinski definition) is 2. The molecule has 2 N–H and O–H groups in total. The van der Waals surface area contributed by atoms with Gasteiger partial charge in [-0.1, -0.05) is 0 Å². The number of rotatable bonds is 2. The second-order valence-corrected chi connectivity index (χ2v) is 5.24. The van der Waals surface area contributed by atoms with E-state index in [0.29, 0.717) is 13.2 Å². The van der Waals surface area contributed by atoms with Crippen molar-refractivity contribution in [1.29, 1.82) is 5.41 Å².